The highest BCUT2D eigenvalue weighted by atomic mass is 19.4. The number of carboxylic acids is 1. The number of rotatable bonds is 7. The number of aliphatic carboxylic acids is 1. The number of carbonyl (C=O) groups is 2. The monoisotopic (exact) mass is 449 g/mol. The van der Waals surface area contributed by atoms with E-state index in [-0.39, 0.29) is 5.91 Å². The summed E-state index contributed by atoms with van der Waals surface area (Å²) in [5.74, 6) is -2.14. The maximum absolute atomic E-state index is 11.3. The van der Waals surface area contributed by atoms with Gasteiger partial charge in [0.2, 0.25) is 5.91 Å². The van der Waals surface area contributed by atoms with Crippen molar-refractivity contribution < 1.29 is 27.9 Å². The molecule has 3 N–H and O–H groups in total. The molecule has 32 heavy (non-hydrogen) atoms. The lowest BCUT2D eigenvalue weighted by Crippen LogP contribution is -2.21. The molecule has 0 aromatic heterocycles. The van der Waals surface area contributed by atoms with E-state index >= 15 is 0 Å². The van der Waals surface area contributed by atoms with Crippen LogP contribution in [0.5, 0.6) is 0 Å². The molecule has 7 heteroatoms. The van der Waals surface area contributed by atoms with Crippen LogP contribution in [-0.2, 0) is 11.2 Å². The Morgan fingerprint density at radius 1 is 0.938 bits per heavy atom. The maximum atomic E-state index is 11.3. The van der Waals surface area contributed by atoms with Crippen LogP contribution in [0.4, 0.5) is 13.2 Å². The van der Waals surface area contributed by atoms with Gasteiger partial charge in [0.25, 0.3) is 0 Å². The number of amides is 1. The zero-order chi connectivity index (χ0) is 23.6. The molecule has 2 aromatic rings. The minimum absolute atomic E-state index is 0.378. The van der Waals surface area contributed by atoms with E-state index in [1.165, 1.54) is 56.9 Å². The smallest absolute Gasteiger partial charge is 0.475 e. The Labute approximate surface area is 186 Å². The van der Waals surface area contributed by atoms with Crippen LogP contribution in [0.3, 0.4) is 0 Å². The molecule has 0 atom stereocenters. The summed E-state index contributed by atoms with van der Waals surface area (Å²) in [6.45, 7) is 0. The van der Waals surface area contributed by atoms with Gasteiger partial charge in [0.1, 0.15) is 0 Å². The average molecular weight is 450 g/mol. The number of aryl methyl sites for hydroxylation is 1. The van der Waals surface area contributed by atoms with Gasteiger partial charge in [-0.05, 0) is 47.6 Å². The predicted molar refractivity (Wildman–Crippen MR) is 118 cm³/mol. The minimum Gasteiger partial charge on any atom is -0.475 e. The van der Waals surface area contributed by atoms with Crippen molar-refractivity contribution in [2.45, 2.75) is 64.0 Å². The highest BCUT2D eigenvalue weighted by Crippen LogP contribution is 2.28. The molecule has 3 rings (SSSR count). The third-order valence-corrected chi connectivity index (χ3v) is 5.73. The van der Waals surface area contributed by atoms with Gasteiger partial charge in [0.15, 0.2) is 0 Å². The number of benzene rings is 2. The second-order valence-electron chi connectivity index (χ2n) is 8.19. The van der Waals surface area contributed by atoms with Crippen molar-refractivity contribution in [1.29, 1.82) is 0 Å². The summed E-state index contributed by atoms with van der Waals surface area (Å²) in [5.41, 5.74) is 9.50. The number of nitrogens with two attached hydrogens (primary N) is 1. The van der Waals surface area contributed by atoms with Crippen LogP contribution in [0, 0.1) is 5.92 Å². The summed E-state index contributed by atoms with van der Waals surface area (Å²) in [6, 6.07) is 16.3. The number of halogens is 3. The fraction of sp³-hybridized carbons (Fsp3) is 0.440. The zero-order valence-corrected chi connectivity index (χ0v) is 18.0. The van der Waals surface area contributed by atoms with Gasteiger partial charge in [-0.2, -0.15) is 13.2 Å². The van der Waals surface area contributed by atoms with Crippen LogP contribution >= 0.6 is 0 Å². The summed E-state index contributed by atoms with van der Waals surface area (Å²) in [4.78, 5) is 20.2. The van der Waals surface area contributed by atoms with Crippen molar-refractivity contribution in [2.75, 3.05) is 0 Å². The summed E-state index contributed by atoms with van der Waals surface area (Å²) >= 11 is 0. The van der Waals surface area contributed by atoms with Crippen LogP contribution in [-0.4, -0.2) is 23.2 Å². The topological polar surface area (TPSA) is 80.4 Å². The third-order valence-electron chi connectivity index (χ3n) is 5.73. The van der Waals surface area contributed by atoms with Crippen molar-refractivity contribution in [3.63, 3.8) is 0 Å². The van der Waals surface area contributed by atoms with Crippen LogP contribution in [0.15, 0.2) is 48.5 Å². The largest absolute Gasteiger partial charge is 0.490 e. The molecule has 2 aromatic carbocycles. The molecule has 0 unspecified atom stereocenters. The van der Waals surface area contributed by atoms with E-state index in [0.29, 0.717) is 5.56 Å². The molecule has 1 fully saturated rings. The summed E-state index contributed by atoms with van der Waals surface area (Å²) in [6.07, 6.45) is 7.39. The first-order valence-corrected chi connectivity index (χ1v) is 11.0. The normalized spacial score (nSPS) is 14.3. The Bertz CT molecular complexity index is 873. The van der Waals surface area contributed by atoms with Crippen LogP contribution < -0.4 is 5.73 Å². The molecular weight excluding hydrogens is 419 g/mol. The van der Waals surface area contributed by atoms with Gasteiger partial charge in [0.05, 0.1) is 0 Å². The van der Waals surface area contributed by atoms with Crippen LogP contribution in [0.2, 0.25) is 0 Å². The molecule has 0 bridgehead atoms. The second-order valence-corrected chi connectivity index (χ2v) is 8.19. The van der Waals surface area contributed by atoms with E-state index < -0.39 is 12.1 Å². The minimum atomic E-state index is -5.08. The van der Waals surface area contributed by atoms with Gasteiger partial charge >= 0.3 is 12.1 Å². The van der Waals surface area contributed by atoms with Gasteiger partial charge in [0, 0.05) is 5.56 Å². The molecule has 1 aliphatic carbocycles. The Morgan fingerprint density at radius 2 is 1.56 bits per heavy atom. The number of hydrogen-bond donors (Lipinski definition) is 2. The Hall–Kier alpha value is -2.83. The molecule has 0 radical (unpaired) electrons. The number of alkyl halides is 3. The van der Waals surface area contributed by atoms with E-state index in [2.05, 4.69) is 24.3 Å². The summed E-state index contributed by atoms with van der Waals surface area (Å²) in [7, 11) is 0. The maximum Gasteiger partial charge on any atom is 0.490 e. The standard InChI is InChI=1S/C23H29NO.C2HF3O2/c24-23(25)22-12-6-11-21(17-22)20-15-13-19(14-16-20)10-5-4-9-18-7-2-1-3-8-18;3-2(4,5)1(6)7/h6,11-18H,1-5,7-10H2,(H2,24,25);(H,6,7). The van der Waals surface area contributed by atoms with Gasteiger partial charge in [-0.1, -0.05) is 81.3 Å². The molecule has 0 heterocycles. The number of carboxylic acid groups (broad SMARTS) is 1. The highest BCUT2D eigenvalue weighted by Gasteiger charge is 2.38. The van der Waals surface area contributed by atoms with Gasteiger partial charge in [-0.25, -0.2) is 4.79 Å². The lowest BCUT2D eigenvalue weighted by molar-refractivity contribution is -0.192. The fourth-order valence-electron chi connectivity index (χ4n) is 3.95. The molecular formula is C25H30F3NO3. The first kappa shape index (κ1) is 25.4. The zero-order valence-electron chi connectivity index (χ0n) is 18.0. The Morgan fingerprint density at radius 3 is 2.12 bits per heavy atom. The second kappa shape index (κ2) is 12.3. The van der Waals surface area contributed by atoms with Crippen molar-refractivity contribution in [2.24, 2.45) is 11.7 Å². The van der Waals surface area contributed by atoms with Crippen molar-refractivity contribution in [3.05, 3.63) is 59.7 Å². The van der Waals surface area contributed by atoms with Gasteiger partial charge in [-0.15, -0.1) is 0 Å². The molecule has 1 amide bonds. The van der Waals surface area contributed by atoms with E-state index in [4.69, 9.17) is 15.6 Å². The number of primary amides is 1. The lowest BCUT2D eigenvalue weighted by Gasteiger charge is -2.21. The van der Waals surface area contributed by atoms with E-state index in [1.54, 1.807) is 6.07 Å². The first-order valence-electron chi connectivity index (χ1n) is 11.0. The molecule has 1 aliphatic rings. The molecule has 0 aliphatic heterocycles. The number of carbonyl (C=O) groups excluding carboxylic acids is 1. The third kappa shape index (κ3) is 8.73. The number of unbranched alkanes of at least 4 members (excludes halogenated alkanes) is 1. The predicted octanol–water partition coefficient (Wildman–Crippen LogP) is 6.38. The van der Waals surface area contributed by atoms with Crippen molar-refractivity contribution >= 4 is 11.9 Å². The van der Waals surface area contributed by atoms with Crippen LogP contribution in [0.25, 0.3) is 11.1 Å². The lowest BCUT2D eigenvalue weighted by atomic mass is 9.85. The van der Waals surface area contributed by atoms with Crippen molar-refractivity contribution in [1.82, 2.24) is 0 Å². The first-order chi connectivity index (χ1) is 15.2. The molecule has 4 nitrogen and oxygen atoms in total. The average Bonchev–Trinajstić information content (AvgIpc) is 2.78. The van der Waals surface area contributed by atoms with Gasteiger partial charge in [-0.3, -0.25) is 4.79 Å². The summed E-state index contributed by atoms with van der Waals surface area (Å²) in [5, 5.41) is 7.12. The SMILES string of the molecule is NC(=O)c1cccc(-c2ccc(CCCCC3CCCCC3)cc2)c1.O=C(O)C(F)(F)F. The van der Waals surface area contributed by atoms with E-state index in [1.807, 2.05) is 18.2 Å². The van der Waals surface area contributed by atoms with Crippen molar-refractivity contribution in [3.8, 4) is 11.1 Å². The number of hydrogen-bond acceptors (Lipinski definition) is 2. The highest BCUT2D eigenvalue weighted by molar-refractivity contribution is 5.94. The molecule has 1 saturated carbocycles. The quantitative estimate of drug-likeness (QED) is 0.481. The fourth-order valence-corrected chi connectivity index (χ4v) is 3.95. The molecule has 0 spiro atoms. The van der Waals surface area contributed by atoms with Gasteiger partial charge < -0.3 is 10.8 Å². The Kier molecular flexibility index (Phi) is 9.75. The molecule has 174 valence electrons. The van der Waals surface area contributed by atoms with Crippen LogP contribution in [0.1, 0.15) is 67.3 Å². The molecule has 0 saturated heterocycles. The van der Waals surface area contributed by atoms with E-state index in [0.717, 1.165) is 23.5 Å². The summed E-state index contributed by atoms with van der Waals surface area (Å²) < 4.78 is 31.7. The van der Waals surface area contributed by atoms with E-state index in [9.17, 15) is 18.0 Å². The Balaban J connectivity index is 0.000000451.